The standard InChI is InChI=1S/C23H31BN2O4/c1-21(2,3)28-20(27)26-15-17(24-29-22(4,5)23(6,7)30-24)14-19-18-11-9-8-10-16(18)12-13-25-19/h8-14H,15H2,1-7H3,(H,26,27). The Bertz CT molecular complexity index is 942. The van der Waals surface area contributed by atoms with E-state index in [2.05, 4.69) is 10.3 Å². The predicted molar refractivity (Wildman–Crippen MR) is 120 cm³/mol. The van der Waals surface area contributed by atoms with Crippen LogP contribution in [0.1, 0.15) is 54.2 Å². The lowest BCUT2D eigenvalue weighted by atomic mass is 9.77. The Balaban J connectivity index is 1.93. The summed E-state index contributed by atoms with van der Waals surface area (Å²) in [5, 5.41) is 4.93. The van der Waals surface area contributed by atoms with Crippen LogP contribution in [0.2, 0.25) is 0 Å². The lowest BCUT2D eigenvalue weighted by Crippen LogP contribution is -2.41. The van der Waals surface area contributed by atoms with Gasteiger partial charge in [0.05, 0.1) is 16.9 Å². The lowest BCUT2D eigenvalue weighted by molar-refractivity contribution is 0.00578. The van der Waals surface area contributed by atoms with Crippen LogP contribution in [0.4, 0.5) is 4.79 Å². The number of amides is 1. The van der Waals surface area contributed by atoms with Crippen molar-refractivity contribution in [3.05, 3.63) is 47.7 Å². The first kappa shape index (κ1) is 22.3. The molecule has 6 nitrogen and oxygen atoms in total. The Hall–Kier alpha value is -2.38. The number of carbonyl (C=O) groups excluding carboxylic acids is 1. The van der Waals surface area contributed by atoms with Crippen LogP contribution in [-0.2, 0) is 14.0 Å². The molecule has 0 radical (unpaired) electrons. The molecule has 1 saturated heterocycles. The van der Waals surface area contributed by atoms with Crippen molar-refractivity contribution in [1.29, 1.82) is 0 Å². The van der Waals surface area contributed by atoms with Crippen LogP contribution in [-0.4, -0.2) is 41.5 Å². The van der Waals surface area contributed by atoms with E-state index in [0.717, 1.165) is 21.9 Å². The van der Waals surface area contributed by atoms with Crippen LogP contribution in [0, 0.1) is 0 Å². The second-order valence-corrected chi connectivity index (χ2v) is 9.58. The molecule has 2 aromatic rings. The molecule has 1 fully saturated rings. The molecule has 1 aliphatic heterocycles. The molecule has 160 valence electrons. The van der Waals surface area contributed by atoms with Gasteiger partial charge in [-0.3, -0.25) is 4.98 Å². The van der Waals surface area contributed by atoms with E-state index in [1.165, 1.54) is 0 Å². The molecule has 1 aliphatic rings. The van der Waals surface area contributed by atoms with Crippen LogP contribution >= 0.6 is 0 Å². The summed E-state index contributed by atoms with van der Waals surface area (Å²) >= 11 is 0. The molecule has 1 aromatic carbocycles. The fourth-order valence-corrected chi connectivity index (χ4v) is 3.12. The summed E-state index contributed by atoms with van der Waals surface area (Å²) in [6, 6.07) is 10.0. The Morgan fingerprint density at radius 1 is 1.13 bits per heavy atom. The average Bonchev–Trinajstić information content (AvgIpc) is 2.84. The van der Waals surface area contributed by atoms with Gasteiger partial charge in [0.25, 0.3) is 0 Å². The summed E-state index contributed by atoms with van der Waals surface area (Å²) in [4.78, 5) is 16.8. The van der Waals surface area contributed by atoms with E-state index in [4.69, 9.17) is 14.0 Å². The predicted octanol–water partition coefficient (Wildman–Crippen LogP) is 4.77. The maximum absolute atomic E-state index is 12.2. The monoisotopic (exact) mass is 410 g/mol. The molecule has 1 N–H and O–H groups in total. The van der Waals surface area contributed by atoms with Gasteiger partial charge < -0.3 is 19.4 Å². The minimum atomic E-state index is -0.606. The fourth-order valence-electron chi connectivity index (χ4n) is 3.12. The number of carbonyl (C=O) groups is 1. The Kier molecular flexibility index (Phi) is 5.98. The van der Waals surface area contributed by atoms with Gasteiger partial charge in [0.1, 0.15) is 5.60 Å². The van der Waals surface area contributed by atoms with E-state index in [-0.39, 0.29) is 6.54 Å². The highest BCUT2D eigenvalue weighted by Gasteiger charge is 2.52. The number of alkyl carbamates (subject to hydrolysis) is 1. The zero-order chi connectivity index (χ0) is 22.2. The summed E-state index contributed by atoms with van der Waals surface area (Å²) in [7, 11) is -0.606. The highest BCUT2D eigenvalue weighted by Crippen LogP contribution is 2.39. The normalized spacial score (nSPS) is 18.5. The van der Waals surface area contributed by atoms with Crippen LogP contribution in [0.25, 0.3) is 16.8 Å². The van der Waals surface area contributed by atoms with Gasteiger partial charge in [-0.05, 0) is 71.5 Å². The molecule has 1 amide bonds. The number of nitrogens with one attached hydrogen (secondary N) is 1. The van der Waals surface area contributed by atoms with Crippen molar-refractivity contribution >= 4 is 30.1 Å². The summed E-state index contributed by atoms with van der Waals surface area (Å²) < 4.78 is 17.8. The molecule has 1 aromatic heterocycles. The molecule has 0 aliphatic carbocycles. The zero-order valence-electron chi connectivity index (χ0n) is 18.9. The van der Waals surface area contributed by atoms with E-state index >= 15 is 0 Å². The number of hydrogen-bond acceptors (Lipinski definition) is 5. The van der Waals surface area contributed by atoms with Crippen molar-refractivity contribution in [3.63, 3.8) is 0 Å². The average molecular weight is 410 g/mol. The number of hydrogen-bond donors (Lipinski definition) is 1. The second-order valence-electron chi connectivity index (χ2n) is 9.58. The summed E-state index contributed by atoms with van der Waals surface area (Å²) in [6.45, 7) is 13.7. The third-order valence-electron chi connectivity index (χ3n) is 5.42. The quantitative estimate of drug-likeness (QED) is 0.735. The zero-order valence-corrected chi connectivity index (χ0v) is 18.9. The number of nitrogens with zero attached hydrogens (tertiary/aromatic N) is 1. The Labute approximate surface area is 179 Å². The molecule has 0 saturated carbocycles. The van der Waals surface area contributed by atoms with E-state index in [1.807, 2.05) is 84.9 Å². The van der Waals surface area contributed by atoms with E-state index in [1.54, 1.807) is 6.20 Å². The van der Waals surface area contributed by atoms with E-state index in [0.29, 0.717) is 0 Å². The molecule has 0 bridgehead atoms. The van der Waals surface area contributed by atoms with Crippen molar-refractivity contribution in [3.8, 4) is 0 Å². The second kappa shape index (κ2) is 8.04. The highest BCUT2D eigenvalue weighted by atomic mass is 16.7. The summed E-state index contributed by atoms with van der Waals surface area (Å²) in [6.07, 6.45) is 3.22. The summed E-state index contributed by atoms with van der Waals surface area (Å²) in [5.74, 6) is 0. The van der Waals surface area contributed by atoms with Gasteiger partial charge in [-0.25, -0.2) is 4.79 Å². The van der Waals surface area contributed by atoms with E-state index < -0.39 is 30.0 Å². The van der Waals surface area contributed by atoms with Crippen molar-refractivity contribution in [2.45, 2.75) is 65.3 Å². The van der Waals surface area contributed by atoms with Gasteiger partial charge >= 0.3 is 13.2 Å². The topological polar surface area (TPSA) is 69.7 Å². The lowest BCUT2D eigenvalue weighted by Gasteiger charge is -2.32. The minimum Gasteiger partial charge on any atom is -0.444 e. The van der Waals surface area contributed by atoms with Crippen LogP contribution < -0.4 is 5.32 Å². The van der Waals surface area contributed by atoms with Gasteiger partial charge in [-0.1, -0.05) is 24.3 Å². The smallest absolute Gasteiger partial charge is 0.444 e. The molecule has 30 heavy (non-hydrogen) atoms. The molecule has 7 heteroatoms. The van der Waals surface area contributed by atoms with Crippen LogP contribution in [0.5, 0.6) is 0 Å². The number of rotatable bonds is 4. The summed E-state index contributed by atoms with van der Waals surface area (Å²) in [5.41, 5.74) is 0.00585. The van der Waals surface area contributed by atoms with Gasteiger partial charge in [-0.2, -0.15) is 0 Å². The molecule has 0 spiro atoms. The number of aromatic nitrogens is 1. The Morgan fingerprint density at radius 3 is 2.40 bits per heavy atom. The van der Waals surface area contributed by atoms with Crippen molar-refractivity contribution in [2.75, 3.05) is 6.54 Å². The molecular formula is C23H31BN2O4. The molecule has 3 rings (SSSR count). The largest absolute Gasteiger partial charge is 0.492 e. The van der Waals surface area contributed by atoms with Gasteiger partial charge in [0.2, 0.25) is 0 Å². The minimum absolute atomic E-state index is 0.219. The number of fused-ring (bicyclic) bond motifs is 1. The van der Waals surface area contributed by atoms with Gasteiger partial charge in [-0.15, -0.1) is 0 Å². The van der Waals surface area contributed by atoms with Crippen molar-refractivity contribution < 1.29 is 18.8 Å². The maximum atomic E-state index is 12.2. The molecule has 0 atom stereocenters. The van der Waals surface area contributed by atoms with Gasteiger partial charge in [0, 0.05) is 18.1 Å². The molecule has 2 heterocycles. The van der Waals surface area contributed by atoms with Crippen molar-refractivity contribution in [2.24, 2.45) is 0 Å². The number of ether oxygens (including phenoxy) is 1. The molecular weight excluding hydrogens is 379 g/mol. The van der Waals surface area contributed by atoms with E-state index in [9.17, 15) is 4.79 Å². The van der Waals surface area contributed by atoms with Crippen LogP contribution in [0.3, 0.4) is 0 Å². The fraction of sp³-hybridized carbons (Fsp3) is 0.478. The van der Waals surface area contributed by atoms with Gasteiger partial charge in [0.15, 0.2) is 0 Å². The van der Waals surface area contributed by atoms with Crippen LogP contribution in [0.15, 0.2) is 42.0 Å². The molecule has 0 unspecified atom stereocenters. The first-order valence-electron chi connectivity index (χ1n) is 10.2. The Morgan fingerprint density at radius 2 is 1.77 bits per heavy atom. The first-order valence-corrected chi connectivity index (χ1v) is 10.2. The number of pyridine rings is 1. The first-order chi connectivity index (χ1) is 13.9. The maximum Gasteiger partial charge on any atom is 0.492 e. The highest BCUT2D eigenvalue weighted by molar-refractivity contribution is 6.56. The van der Waals surface area contributed by atoms with Crippen molar-refractivity contribution in [1.82, 2.24) is 10.3 Å². The number of benzene rings is 1. The third kappa shape index (κ3) is 5.02. The SMILES string of the molecule is CC(C)(C)OC(=O)NCC(=Cc1nccc2ccccc12)B1OC(C)(C)C(C)(C)O1. The third-order valence-corrected chi connectivity index (χ3v) is 5.42.